The molecular weight excluding hydrogens is 338 g/mol. The van der Waals surface area contributed by atoms with E-state index in [-0.39, 0.29) is 12.5 Å². The molecule has 5 N–H and O–H groups in total. The summed E-state index contributed by atoms with van der Waals surface area (Å²) in [5.41, 5.74) is 15.3. The molecule has 1 amide bonds. The fourth-order valence-electron chi connectivity index (χ4n) is 2.91. The van der Waals surface area contributed by atoms with Gasteiger partial charge in [-0.05, 0) is 30.2 Å². The topological polar surface area (TPSA) is 99.0 Å². The number of anilines is 1. The molecule has 27 heavy (non-hydrogen) atoms. The second kappa shape index (κ2) is 8.62. The molecule has 3 rings (SSSR count). The summed E-state index contributed by atoms with van der Waals surface area (Å²) in [4.78, 5) is 12.1. The zero-order valence-corrected chi connectivity index (χ0v) is 15.4. The highest BCUT2D eigenvalue weighted by atomic mass is 16.2. The van der Waals surface area contributed by atoms with Gasteiger partial charge in [0, 0.05) is 18.2 Å². The standard InChI is InChI=1S/C21H25N5O/c1-2-7-15-8-6-9-16(12-15)19-13-20(24-21(27)18(23)14-22)25-26(19)17-10-4-3-5-11-17/h3-6,8-13,18H,2,7,14,22-23H2,1H3,(H,24,25,27). The molecule has 0 aliphatic carbocycles. The van der Waals surface area contributed by atoms with Crippen LogP contribution in [-0.2, 0) is 11.2 Å². The lowest BCUT2D eigenvalue weighted by Crippen LogP contribution is -2.41. The van der Waals surface area contributed by atoms with Gasteiger partial charge in [-0.1, -0.05) is 49.7 Å². The van der Waals surface area contributed by atoms with E-state index in [1.807, 2.05) is 53.2 Å². The molecule has 6 nitrogen and oxygen atoms in total. The minimum Gasteiger partial charge on any atom is -0.328 e. The van der Waals surface area contributed by atoms with Crippen LogP contribution in [0.3, 0.4) is 0 Å². The van der Waals surface area contributed by atoms with Crippen molar-refractivity contribution in [1.29, 1.82) is 0 Å². The number of benzene rings is 2. The highest BCUT2D eigenvalue weighted by Gasteiger charge is 2.16. The summed E-state index contributed by atoms with van der Waals surface area (Å²) in [6.07, 6.45) is 2.10. The van der Waals surface area contributed by atoms with Crippen LogP contribution in [0.1, 0.15) is 18.9 Å². The Hall–Kier alpha value is -2.96. The van der Waals surface area contributed by atoms with Crippen LogP contribution >= 0.6 is 0 Å². The summed E-state index contributed by atoms with van der Waals surface area (Å²) in [6, 6.07) is 19.3. The summed E-state index contributed by atoms with van der Waals surface area (Å²) < 4.78 is 1.83. The molecule has 0 radical (unpaired) electrons. The number of nitrogens with two attached hydrogens (primary N) is 2. The molecule has 0 aliphatic heterocycles. The molecule has 1 heterocycles. The number of hydrogen-bond donors (Lipinski definition) is 3. The van der Waals surface area contributed by atoms with Crippen molar-refractivity contribution >= 4 is 11.7 Å². The zero-order valence-electron chi connectivity index (χ0n) is 15.4. The number of aryl methyl sites for hydroxylation is 1. The lowest BCUT2D eigenvalue weighted by Gasteiger charge is -2.09. The third-order valence-electron chi connectivity index (χ3n) is 4.31. The van der Waals surface area contributed by atoms with Crippen LogP contribution in [0.15, 0.2) is 60.7 Å². The fourth-order valence-corrected chi connectivity index (χ4v) is 2.91. The van der Waals surface area contributed by atoms with Crippen molar-refractivity contribution in [2.24, 2.45) is 11.5 Å². The van der Waals surface area contributed by atoms with Crippen LogP contribution in [0.4, 0.5) is 5.82 Å². The molecule has 6 heteroatoms. The van der Waals surface area contributed by atoms with Crippen LogP contribution in [0.2, 0.25) is 0 Å². The Morgan fingerprint density at radius 1 is 1.15 bits per heavy atom. The van der Waals surface area contributed by atoms with Crippen LogP contribution in [-0.4, -0.2) is 28.3 Å². The smallest absolute Gasteiger partial charge is 0.243 e. The minimum atomic E-state index is -0.761. The first kappa shape index (κ1) is 18.8. The van der Waals surface area contributed by atoms with E-state index in [4.69, 9.17) is 11.5 Å². The van der Waals surface area contributed by atoms with Crippen molar-refractivity contribution in [3.8, 4) is 16.9 Å². The Balaban J connectivity index is 2.03. The normalized spacial score (nSPS) is 12.0. The number of aromatic nitrogens is 2. The molecule has 140 valence electrons. The van der Waals surface area contributed by atoms with Gasteiger partial charge in [-0.25, -0.2) is 4.68 Å². The molecule has 0 fully saturated rings. The molecule has 1 unspecified atom stereocenters. The Kier molecular flexibility index (Phi) is 6.01. The summed E-state index contributed by atoms with van der Waals surface area (Å²) in [5, 5.41) is 7.33. The Morgan fingerprint density at radius 2 is 1.93 bits per heavy atom. The fraction of sp³-hybridized carbons (Fsp3) is 0.238. The van der Waals surface area contributed by atoms with E-state index in [0.717, 1.165) is 29.8 Å². The second-order valence-electron chi connectivity index (χ2n) is 6.44. The van der Waals surface area contributed by atoms with Crippen LogP contribution in [0.5, 0.6) is 0 Å². The third kappa shape index (κ3) is 4.42. The maximum atomic E-state index is 12.1. The third-order valence-corrected chi connectivity index (χ3v) is 4.31. The van der Waals surface area contributed by atoms with Crippen molar-refractivity contribution in [2.75, 3.05) is 11.9 Å². The quantitative estimate of drug-likeness (QED) is 0.601. The van der Waals surface area contributed by atoms with Gasteiger partial charge in [0.1, 0.15) is 0 Å². The lowest BCUT2D eigenvalue weighted by molar-refractivity contribution is -0.117. The van der Waals surface area contributed by atoms with Gasteiger partial charge in [0.15, 0.2) is 5.82 Å². The Labute approximate surface area is 159 Å². The number of hydrogen-bond acceptors (Lipinski definition) is 4. The largest absolute Gasteiger partial charge is 0.328 e. The van der Waals surface area contributed by atoms with E-state index >= 15 is 0 Å². The van der Waals surface area contributed by atoms with Crippen molar-refractivity contribution in [3.63, 3.8) is 0 Å². The summed E-state index contributed by atoms with van der Waals surface area (Å²) in [7, 11) is 0. The molecule has 0 saturated heterocycles. The van der Waals surface area contributed by atoms with Crippen molar-refractivity contribution < 1.29 is 4.79 Å². The van der Waals surface area contributed by atoms with E-state index in [0.29, 0.717) is 5.82 Å². The summed E-state index contributed by atoms with van der Waals surface area (Å²) >= 11 is 0. The monoisotopic (exact) mass is 363 g/mol. The maximum absolute atomic E-state index is 12.1. The SMILES string of the molecule is CCCc1cccc(-c2cc(NC(=O)C(N)CN)nn2-c2ccccc2)c1. The molecule has 1 aromatic heterocycles. The number of nitrogens with zero attached hydrogens (tertiary/aromatic N) is 2. The van der Waals surface area contributed by atoms with E-state index in [2.05, 4.69) is 29.5 Å². The highest BCUT2D eigenvalue weighted by Crippen LogP contribution is 2.27. The Bertz CT molecular complexity index is 904. The molecule has 0 saturated carbocycles. The van der Waals surface area contributed by atoms with Crippen LogP contribution < -0.4 is 16.8 Å². The van der Waals surface area contributed by atoms with Gasteiger partial charge < -0.3 is 16.8 Å². The van der Waals surface area contributed by atoms with Gasteiger partial charge in [0.25, 0.3) is 0 Å². The molecule has 2 aromatic carbocycles. The number of carbonyl (C=O) groups is 1. The van der Waals surface area contributed by atoms with Gasteiger partial charge in [0.2, 0.25) is 5.91 Å². The van der Waals surface area contributed by atoms with Crippen LogP contribution in [0.25, 0.3) is 16.9 Å². The van der Waals surface area contributed by atoms with Crippen molar-refractivity contribution in [3.05, 3.63) is 66.2 Å². The molecule has 0 bridgehead atoms. The molecule has 3 aromatic rings. The number of amides is 1. The average molecular weight is 363 g/mol. The lowest BCUT2D eigenvalue weighted by atomic mass is 10.0. The number of rotatable bonds is 7. The van der Waals surface area contributed by atoms with E-state index in [1.54, 1.807) is 0 Å². The van der Waals surface area contributed by atoms with Crippen molar-refractivity contribution in [2.45, 2.75) is 25.8 Å². The molecule has 1 atom stereocenters. The zero-order chi connectivity index (χ0) is 19.2. The maximum Gasteiger partial charge on any atom is 0.243 e. The molecule has 0 spiro atoms. The van der Waals surface area contributed by atoms with Gasteiger partial charge in [-0.2, -0.15) is 0 Å². The predicted molar refractivity (Wildman–Crippen MR) is 109 cm³/mol. The van der Waals surface area contributed by atoms with E-state index in [9.17, 15) is 4.79 Å². The molecule has 0 aliphatic rings. The number of nitrogens with one attached hydrogen (secondary N) is 1. The number of carbonyl (C=O) groups excluding carboxylic acids is 1. The summed E-state index contributed by atoms with van der Waals surface area (Å²) in [5.74, 6) is 0.102. The Morgan fingerprint density at radius 3 is 2.63 bits per heavy atom. The van der Waals surface area contributed by atoms with Crippen LogP contribution in [0, 0.1) is 0 Å². The van der Waals surface area contributed by atoms with Crippen molar-refractivity contribution in [1.82, 2.24) is 9.78 Å². The van der Waals surface area contributed by atoms with E-state index in [1.165, 1.54) is 5.56 Å². The minimum absolute atomic E-state index is 0.0805. The summed E-state index contributed by atoms with van der Waals surface area (Å²) in [6.45, 7) is 2.24. The highest BCUT2D eigenvalue weighted by molar-refractivity contribution is 5.94. The molecular formula is C21H25N5O. The predicted octanol–water partition coefficient (Wildman–Crippen LogP) is 2.72. The first-order chi connectivity index (χ1) is 13.1. The first-order valence-electron chi connectivity index (χ1n) is 9.13. The average Bonchev–Trinajstić information content (AvgIpc) is 3.12. The van der Waals surface area contributed by atoms with Gasteiger partial charge in [0.05, 0.1) is 17.4 Å². The second-order valence-corrected chi connectivity index (χ2v) is 6.44. The number of para-hydroxylation sites is 1. The van der Waals surface area contributed by atoms with Gasteiger partial charge in [-0.3, -0.25) is 4.79 Å². The van der Waals surface area contributed by atoms with Gasteiger partial charge >= 0.3 is 0 Å². The van der Waals surface area contributed by atoms with E-state index < -0.39 is 6.04 Å². The van der Waals surface area contributed by atoms with Gasteiger partial charge in [-0.15, -0.1) is 5.10 Å². The first-order valence-corrected chi connectivity index (χ1v) is 9.13.